The molecule has 0 radical (unpaired) electrons. The summed E-state index contributed by atoms with van der Waals surface area (Å²) in [5, 5.41) is 0. The van der Waals surface area contributed by atoms with Gasteiger partial charge in [-0.1, -0.05) is 6.07 Å². The molecule has 1 aromatic heterocycles. The molecule has 5 nitrogen and oxygen atoms in total. The van der Waals surface area contributed by atoms with Crippen LogP contribution in [0.3, 0.4) is 0 Å². The molecule has 1 atom stereocenters. The molecule has 1 fully saturated rings. The number of likely N-dealkylation sites (N-methyl/N-ethyl adjacent to an activating group) is 2. The van der Waals surface area contributed by atoms with Crippen LogP contribution in [0.1, 0.15) is 24.1 Å². The Morgan fingerprint density at radius 3 is 2.77 bits per heavy atom. The van der Waals surface area contributed by atoms with Crippen LogP contribution in [0.15, 0.2) is 18.3 Å². The first kappa shape index (κ1) is 16.9. The van der Waals surface area contributed by atoms with Crippen molar-refractivity contribution in [2.24, 2.45) is 0 Å². The number of aryl methyl sites for hydroxylation is 1. The van der Waals surface area contributed by atoms with Gasteiger partial charge in [0.25, 0.3) is 0 Å². The number of carbonyl (C=O) groups is 1. The van der Waals surface area contributed by atoms with Gasteiger partial charge in [0.2, 0.25) is 5.91 Å². The SMILES string of the molecule is Cc1ccc(CN(C)C(=O)CN2CCCC(N(C)C)C2)nc1. The van der Waals surface area contributed by atoms with Gasteiger partial charge in [-0.3, -0.25) is 14.7 Å². The molecular weight excluding hydrogens is 276 g/mol. The van der Waals surface area contributed by atoms with Crippen LogP contribution in [0.2, 0.25) is 0 Å². The standard InChI is InChI=1S/C17H28N4O/c1-14-7-8-15(18-10-14)11-20(4)17(22)13-21-9-5-6-16(12-21)19(2)3/h7-8,10,16H,5-6,9,11-13H2,1-4H3. The molecule has 0 aromatic carbocycles. The van der Waals surface area contributed by atoms with Gasteiger partial charge >= 0.3 is 0 Å². The fourth-order valence-corrected chi connectivity index (χ4v) is 2.83. The van der Waals surface area contributed by atoms with Gasteiger partial charge in [0.15, 0.2) is 0 Å². The second-order valence-corrected chi connectivity index (χ2v) is 6.57. The van der Waals surface area contributed by atoms with Crippen LogP contribution in [0.5, 0.6) is 0 Å². The second-order valence-electron chi connectivity index (χ2n) is 6.57. The van der Waals surface area contributed by atoms with Gasteiger partial charge in [0, 0.05) is 25.8 Å². The lowest BCUT2D eigenvalue weighted by atomic mass is 10.1. The zero-order valence-electron chi connectivity index (χ0n) is 14.2. The van der Waals surface area contributed by atoms with Crippen molar-refractivity contribution in [3.63, 3.8) is 0 Å². The fraction of sp³-hybridized carbons (Fsp3) is 0.647. The maximum Gasteiger partial charge on any atom is 0.236 e. The highest BCUT2D eigenvalue weighted by molar-refractivity contribution is 5.77. The van der Waals surface area contributed by atoms with Crippen LogP contribution < -0.4 is 0 Å². The van der Waals surface area contributed by atoms with Crippen LogP contribution in [0.25, 0.3) is 0 Å². The number of likely N-dealkylation sites (tertiary alicyclic amines) is 1. The smallest absolute Gasteiger partial charge is 0.236 e. The van der Waals surface area contributed by atoms with Crippen LogP contribution >= 0.6 is 0 Å². The van der Waals surface area contributed by atoms with Crippen molar-refractivity contribution < 1.29 is 4.79 Å². The summed E-state index contributed by atoms with van der Waals surface area (Å²) in [5.74, 6) is 0.168. The molecule has 22 heavy (non-hydrogen) atoms. The zero-order chi connectivity index (χ0) is 16.1. The summed E-state index contributed by atoms with van der Waals surface area (Å²) in [6.45, 7) is 5.10. The van der Waals surface area contributed by atoms with Crippen molar-refractivity contribution in [2.45, 2.75) is 32.4 Å². The Bertz CT molecular complexity index is 486. The van der Waals surface area contributed by atoms with E-state index in [1.165, 1.54) is 12.8 Å². The molecule has 1 saturated heterocycles. The van der Waals surface area contributed by atoms with E-state index in [2.05, 4.69) is 28.9 Å². The molecule has 1 aromatic rings. The molecular formula is C17H28N4O. The van der Waals surface area contributed by atoms with E-state index in [0.29, 0.717) is 19.1 Å². The first-order valence-electron chi connectivity index (χ1n) is 8.00. The summed E-state index contributed by atoms with van der Waals surface area (Å²) in [7, 11) is 6.09. The van der Waals surface area contributed by atoms with Crippen LogP contribution in [-0.2, 0) is 11.3 Å². The number of pyridine rings is 1. The number of hydrogen-bond acceptors (Lipinski definition) is 4. The van der Waals surface area contributed by atoms with Crippen molar-refractivity contribution in [2.75, 3.05) is 40.8 Å². The third kappa shape index (κ3) is 4.78. The van der Waals surface area contributed by atoms with E-state index >= 15 is 0 Å². The summed E-state index contributed by atoms with van der Waals surface area (Å²) in [6, 6.07) is 4.58. The molecule has 122 valence electrons. The number of amides is 1. The fourth-order valence-electron chi connectivity index (χ4n) is 2.83. The van der Waals surface area contributed by atoms with Crippen molar-refractivity contribution in [3.8, 4) is 0 Å². The number of hydrogen-bond donors (Lipinski definition) is 0. The molecule has 2 heterocycles. The monoisotopic (exact) mass is 304 g/mol. The normalized spacial score (nSPS) is 19.4. The predicted octanol–water partition coefficient (Wildman–Crippen LogP) is 1.37. The molecule has 0 bridgehead atoms. The van der Waals surface area contributed by atoms with Gasteiger partial charge < -0.3 is 9.80 Å². The molecule has 1 aliphatic rings. The minimum Gasteiger partial charge on any atom is -0.339 e. The van der Waals surface area contributed by atoms with Gasteiger partial charge in [-0.2, -0.15) is 0 Å². The third-order valence-corrected chi connectivity index (χ3v) is 4.37. The zero-order valence-corrected chi connectivity index (χ0v) is 14.2. The van der Waals surface area contributed by atoms with E-state index in [0.717, 1.165) is 24.3 Å². The molecule has 0 N–H and O–H groups in total. The average molecular weight is 304 g/mol. The topological polar surface area (TPSA) is 39.7 Å². The first-order chi connectivity index (χ1) is 10.5. The Morgan fingerprint density at radius 2 is 2.14 bits per heavy atom. The molecule has 1 aliphatic heterocycles. The highest BCUT2D eigenvalue weighted by Gasteiger charge is 2.23. The quantitative estimate of drug-likeness (QED) is 0.824. The number of carbonyl (C=O) groups excluding carboxylic acids is 1. The van der Waals surface area contributed by atoms with E-state index in [1.807, 2.05) is 32.3 Å². The van der Waals surface area contributed by atoms with Gasteiger partial charge in [0.1, 0.15) is 0 Å². The lowest BCUT2D eigenvalue weighted by molar-refractivity contribution is -0.132. The Morgan fingerprint density at radius 1 is 1.36 bits per heavy atom. The molecule has 5 heteroatoms. The van der Waals surface area contributed by atoms with E-state index in [1.54, 1.807) is 4.90 Å². The number of aromatic nitrogens is 1. The van der Waals surface area contributed by atoms with Gasteiger partial charge in [0.05, 0.1) is 18.8 Å². The molecule has 0 saturated carbocycles. The van der Waals surface area contributed by atoms with Gasteiger partial charge in [-0.05, 0) is 52.0 Å². The van der Waals surface area contributed by atoms with E-state index < -0.39 is 0 Å². The molecule has 2 rings (SSSR count). The highest BCUT2D eigenvalue weighted by atomic mass is 16.2. The summed E-state index contributed by atoms with van der Waals surface area (Å²) >= 11 is 0. The Hall–Kier alpha value is -1.46. The van der Waals surface area contributed by atoms with Crippen molar-refractivity contribution in [1.29, 1.82) is 0 Å². The van der Waals surface area contributed by atoms with E-state index in [9.17, 15) is 4.79 Å². The van der Waals surface area contributed by atoms with Crippen LogP contribution in [0, 0.1) is 6.92 Å². The lowest BCUT2D eigenvalue weighted by Gasteiger charge is -2.36. The summed E-state index contributed by atoms with van der Waals surface area (Å²) in [5.41, 5.74) is 2.08. The first-order valence-corrected chi connectivity index (χ1v) is 8.00. The Balaban J connectivity index is 1.84. The lowest BCUT2D eigenvalue weighted by Crippen LogP contribution is -2.48. The van der Waals surface area contributed by atoms with Gasteiger partial charge in [-0.25, -0.2) is 0 Å². The summed E-state index contributed by atoms with van der Waals surface area (Å²) < 4.78 is 0. The number of rotatable bonds is 5. The minimum absolute atomic E-state index is 0.168. The van der Waals surface area contributed by atoms with E-state index in [-0.39, 0.29) is 5.91 Å². The highest BCUT2D eigenvalue weighted by Crippen LogP contribution is 2.13. The Labute approximate surface area is 133 Å². The molecule has 1 amide bonds. The van der Waals surface area contributed by atoms with Crippen molar-refractivity contribution in [1.82, 2.24) is 19.7 Å². The molecule has 1 unspecified atom stereocenters. The Kier molecular flexibility index (Phi) is 5.91. The van der Waals surface area contributed by atoms with Gasteiger partial charge in [-0.15, -0.1) is 0 Å². The largest absolute Gasteiger partial charge is 0.339 e. The number of nitrogens with zero attached hydrogens (tertiary/aromatic N) is 4. The maximum absolute atomic E-state index is 12.4. The van der Waals surface area contributed by atoms with Crippen LogP contribution in [-0.4, -0.2) is 72.4 Å². The molecule has 0 spiro atoms. The second kappa shape index (κ2) is 7.70. The van der Waals surface area contributed by atoms with E-state index in [4.69, 9.17) is 0 Å². The van der Waals surface area contributed by atoms with Crippen molar-refractivity contribution in [3.05, 3.63) is 29.6 Å². The third-order valence-electron chi connectivity index (χ3n) is 4.37. The number of piperidine rings is 1. The summed E-state index contributed by atoms with van der Waals surface area (Å²) in [4.78, 5) is 23.1. The van der Waals surface area contributed by atoms with Crippen LogP contribution in [0.4, 0.5) is 0 Å². The molecule has 0 aliphatic carbocycles. The minimum atomic E-state index is 0.168. The predicted molar refractivity (Wildman–Crippen MR) is 88.6 cm³/mol. The summed E-state index contributed by atoms with van der Waals surface area (Å²) in [6.07, 6.45) is 4.24. The van der Waals surface area contributed by atoms with Crippen molar-refractivity contribution >= 4 is 5.91 Å². The maximum atomic E-state index is 12.4. The average Bonchev–Trinajstić information content (AvgIpc) is 2.49.